The van der Waals surface area contributed by atoms with Crippen molar-refractivity contribution in [1.82, 2.24) is 4.90 Å². The van der Waals surface area contributed by atoms with Crippen molar-refractivity contribution in [2.24, 2.45) is 5.92 Å². The van der Waals surface area contributed by atoms with Gasteiger partial charge in [-0.05, 0) is 42.2 Å². The molecule has 1 unspecified atom stereocenters. The third-order valence-electron chi connectivity index (χ3n) is 4.63. The molecule has 26 heavy (non-hydrogen) atoms. The molecule has 5 nitrogen and oxygen atoms in total. The Morgan fingerprint density at radius 2 is 1.50 bits per heavy atom. The van der Waals surface area contributed by atoms with E-state index in [0.717, 1.165) is 11.3 Å². The van der Waals surface area contributed by atoms with E-state index in [1.54, 1.807) is 24.3 Å². The minimum absolute atomic E-state index is 0.216. The van der Waals surface area contributed by atoms with Gasteiger partial charge in [-0.15, -0.1) is 0 Å². The minimum atomic E-state index is -0.867. The number of carbonyl (C=O) groups is 3. The minimum Gasteiger partial charge on any atom is -0.324 e. The molecule has 3 rings (SSSR count). The highest BCUT2D eigenvalue weighted by Gasteiger charge is 2.43. The molecule has 134 valence electrons. The van der Waals surface area contributed by atoms with Gasteiger partial charge in [-0.3, -0.25) is 19.3 Å². The first-order chi connectivity index (χ1) is 12.4. The number of rotatable bonds is 5. The molecular weight excluding hydrogens is 328 g/mol. The summed E-state index contributed by atoms with van der Waals surface area (Å²) in [5.74, 6) is -1.41. The number of fused-ring (bicyclic) bond motifs is 1. The van der Waals surface area contributed by atoms with Crippen LogP contribution in [-0.2, 0) is 11.2 Å². The van der Waals surface area contributed by atoms with Crippen LogP contribution in [0.1, 0.15) is 47.1 Å². The lowest BCUT2D eigenvalue weighted by molar-refractivity contribution is -0.121. The Morgan fingerprint density at radius 1 is 0.962 bits per heavy atom. The third-order valence-corrected chi connectivity index (χ3v) is 4.63. The summed E-state index contributed by atoms with van der Waals surface area (Å²) in [6.07, 6.45) is 0.915. The van der Waals surface area contributed by atoms with E-state index in [1.165, 1.54) is 5.56 Å². The highest BCUT2D eigenvalue weighted by atomic mass is 16.2. The quantitative estimate of drug-likeness (QED) is 0.839. The van der Waals surface area contributed by atoms with Gasteiger partial charge in [0.05, 0.1) is 11.1 Å². The van der Waals surface area contributed by atoms with Crippen molar-refractivity contribution in [1.29, 1.82) is 0 Å². The predicted octanol–water partition coefficient (Wildman–Crippen LogP) is 3.51. The van der Waals surface area contributed by atoms with Crippen LogP contribution in [0.25, 0.3) is 0 Å². The van der Waals surface area contributed by atoms with Crippen LogP contribution in [0, 0.1) is 5.92 Å². The molecule has 0 aromatic heterocycles. The Hall–Kier alpha value is -2.95. The van der Waals surface area contributed by atoms with E-state index in [0.29, 0.717) is 16.8 Å². The molecule has 0 aliphatic carbocycles. The zero-order chi connectivity index (χ0) is 18.8. The fourth-order valence-corrected chi connectivity index (χ4v) is 3.22. The Bertz CT molecular complexity index is 821. The maximum atomic E-state index is 12.9. The van der Waals surface area contributed by atoms with E-state index < -0.39 is 17.9 Å². The molecule has 3 amide bonds. The van der Waals surface area contributed by atoms with Gasteiger partial charge in [0.15, 0.2) is 0 Å². The second-order valence-corrected chi connectivity index (χ2v) is 6.75. The molecule has 1 heterocycles. The third kappa shape index (κ3) is 3.12. The lowest BCUT2D eigenvalue weighted by Crippen LogP contribution is -2.50. The number of imide groups is 1. The van der Waals surface area contributed by atoms with Crippen molar-refractivity contribution in [3.05, 3.63) is 65.2 Å². The summed E-state index contributed by atoms with van der Waals surface area (Å²) in [6.45, 7) is 5.71. The van der Waals surface area contributed by atoms with Gasteiger partial charge in [-0.1, -0.05) is 45.0 Å². The molecule has 1 atom stereocenters. The van der Waals surface area contributed by atoms with Crippen LogP contribution in [0.15, 0.2) is 48.5 Å². The first-order valence-corrected chi connectivity index (χ1v) is 8.80. The fraction of sp³-hybridized carbons (Fsp3) is 0.286. The Kier molecular flexibility index (Phi) is 4.89. The van der Waals surface area contributed by atoms with E-state index in [2.05, 4.69) is 12.2 Å². The van der Waals surface area contributed by atoms with E-state index in [1.807, 2.05) is 38.1 Å². The van der Waals surface area contributed by atoms with E-state index >= 15 is 0 Å². The SMILES string of the molecule is CCc1ccc(NC(=O)C(C(C)C)N2C(=O)c3ccccc3C2=O)cc1. The number of amides is 3. The summed E-state index contributed by atoms with van der Waals surface area (Å²) in [5.41, 5.74) is 2.52. The largest absolute Gasteiger partial charge is 0.324 e. The standard InChI is InChI=1S/C21H22N2O3/c1-4-14-9-11-15(12-10-14)22-19(24)18(13(2)3)23-20(25)16-7-5-6-8-17(16)21(23)26/h5-13,18H,4H2,1-3H3,(H,22,24). The molecule has 0 bridgehead atoms. The van der Waals surface area contributed by atoms with Crippen molar-refractivity contribution < 1.29 is 14.4 Å². The molecule has 1 aliphatic rings. The van der Waals surface area contributed by atoms with Gasteiger partial charge < -0.3 is 5.32 Å². The second kappa shape index (κ2) is 7.12. The van der Waals surface area contributed by atoms with Gasteiger partial charge in [0, 0.05) is 5.69 Å². The van der Waals surface area contributed by atoms with Crippen LogP contribution in [0.3, 0.4) is 0 Å². The van der Waals surface area contributed by atoms with Crippen molar-refractivity contribution in [3.63, 3.8) is 0 Å². The van der Waals surface area contributed by atoms with Crippen molar-refractivity contribution in [2.75, 3.05) is 5.32 Å². The Labute approximate surface area is 153 Å². The molecule has 0 saturated carbocycles. The summed E-state index contributed by atoms with van der Waals surface area (Å²) in [5, 5.41) is 2.83. The van der Waals surface area contributed by atoms with Crippen LogP contribution >= 0.6 is 0 Å². The normalized spacial score (nSPS) is 14.5. The predicted molar refractivity (Wildman–Crippen MR) is 100 cm³/mol. The second-order valence-electron chi connectivity index (χ2n) is 6.75. The van der Waals surface area contributed by atoms with Crippen LogP contribution in [0.5, 0.6) is 0 Å². The molecule has 0 fully saturated rings. The number of anilines is 1. The summed E-state index contributed by atoms with van der Waals surface area (Å²) >= 11 is 0. The number of hydrogen-bond donors (Lipinski definition) is 1. The summed E-state index contributed by atoms with van der Waals surface area (Å²) < 4.78 is 0. The smallest absolute Gasteiger partial charge is 0.262 e. The molecule has 0 radical (unpaired) electrons. The van der Waals surface area contributed by atoms with Crippen LogP contribution in [0.4, 0.5) is 5.69 Å². The van der Waals surface area contributed by atoms with Gasteiger partial charge >= 0.3 is 0 Å². The number of carbonyl (C=O) groups excluding carboxylic acids is 3. The van der Waals surface area contributed by atoms with Crippen molar-refractivity contribution in [2.45, 2.75) is 33.2 Å². The maximum Gasteiger partial charge on any atom is 0.262 e. The van der Waals surface area contributed by atoms with Gasteiger partial charge in [0.25, 0.3) is 11.8 Å². The van der Waals surface area contributed by atoms with E-state index in [-0.39, 0.29) is 11.8 Å². The summed E-state index contributed by atoms with van der Waals surface area (Å²) in [4.78, 5) is 39.4. The summed E-state index contributed by atoms with van der Waals surface area (Å²) in [6, 6.07) is 13.4. The summed E-state index contributed by atoms with van der Waals surface area (Å²) in [7, 11) is 0. The number of nitrogens with zero attached hydrogens (tertiary/aromatic N) is 1. The molecule has 2 aromatic rings. The van der Waals surface area contributed by atoms with E-state index in [4.69, 9.17) is 0 Å². The van der Waals surface area contributed by atoms with Crippen LogP contribution in [-0.4, -0.2) is 28.7 Å². The first kappa shape index (κ1) is 17.9. The van der Waals surface area contributed by atoms with Crippen LogP contribution < -0.4 is 5.32 Å². The number of hydrogen-bond acceptors (Lipinski definition) is 3. The molecule has 0 spiro atoms. The Morgan fingerprint density at radius 3 is 1.96 bits per heavy atom. The van der Waals surface area contributed by atoms with E-state index in [9.17, 15) is 14.4 Å². The van der Waals surface area contributed by atoms with Crippen molar-refractivity contribution >= 4 is 23.4 Å². The number of benzene rings is 2. The fourth-order valence-electron chi connectivity index (χ4n) is 3.22. The molecule has 0 saturated heterocycles. The monoisotopic (exact) mass is 350 g/mol. The molecule has 1 aliphatic heterocycles. The highest BCUT2D eigenvalue weighted by Crippen LogP contribution is 2.27. The molecule has 1 N–H and O–H groups in total. The molecule has 5 heteroatoms. The first-order valence-electron chi connectivity index (χ1n) is 8.80. The lowest BCUT2D eigenvalue weighted by atomic mass is 10.0. The highest BCUT2D eigenvalue weighted by molar-refractivity contribution is 6.23. The van der Waals surface area contributed by atoms with Gasteiger partial charge in [-0.2, -0.15) is 0 Å². The van der Waals surface area contributed by atoms with Crippen molar-refractivity contribution in [3.8, 4) is 0 Å². The van der Waals surface area contributed by atoms with Gasteiger partial charge in [-0.25, -0.2) is 0 Å². The number of aryl methyl sites for hydroxylation is 1. The maximum absolute atomic E-state index is 12.9. The zero-order valence-electron chi connectivity index (χ0n) is 15.2. The Balaban J connectivity index is 1.86. The van der Waals surface area contributed by atoms with Gasteiger partial charge in [0.1, 0.15) is 6.04 Å². The molecular formula is C21H22N2O3. The average Bonchev–Trinajstić information content (AvgIpc) is 2.88. The topological polar surface area (TPSA) is 66.5 Å². The molecule has 2 aromatic carbocycles. The van der Waals surface area contributed by atoms with Gasteiger partial charge in [0.2, 0.25) is 5.91 Å². The average molecular weight is 350 g/mol. The lowest BCUT2D eigenvalue weighted by Gasteiger charge is -2.28. The zero-order valence-corrected chi connectivity index (χ0v) is 15.2. The number of nitrogens with one attached hydrogen (secondary N) is 1. The van der Waals surface area contributed by atoms with Crippen LogP contribution in [0.2, 0.25) is 0 Å².